The minimum Gasteiger partial charge on any atom is -0.264 e. The van der Waals surface area contributed by atoms with Crippen LogP contribution in [0.3, 0.4) is 0 Å². The third-order valence-corrected chi connectivity index (χ3v) is 13.0. The van der Waals surface area contributed by atoms with Gasteiger partial charge in [-0.25, -0.2) is 9.97 Å². The van der Waals surface area contributed by atoms with Gasteiger partial charge in [-0.15, -0.1) is 0 Å². The molecule has 3 nitrogen and oxygen atoms in total. The van der Waals surface area contributed by atoms with Crippen LogP contribution in [0.1, 0.15) is 47.2 Å². The third-order valence-electron chi connectivity index (χ3n) is 13.0. The van der Waals surface area contributed by atoms with E-state index in [1.54, 1.807) is 6.20 Å². The number of nitrogens with zero attached hydrogens (tertiary/aromatic N) is 3. The molecule has 0 N–H and O–H groups in total. The first-order valence-corrected chi connectivity index (χ1v) is 20.1. The van der Waals surface area contributed by atoms with Crippen LogP contribution in [0.4, 0.5) is 0 Å². The number of hydrogen-bond donors (Lipinski definition) is 0. The molecule has 0 fully saturated rings. The molecule has 0 saturated heterocycles. The van der Waals surface area contributed by atoms with E-state index < -0.39 is 5.41 Å². The van der Waals surface area contributed by atoms with Gasteiger partial charge in [0, 0.05) is 34.5 Å². The van der Waals surface area contributed by atoms with E-state index in [2.05, 4.69) is 170 Å². The maximum atomic E-state index is 5.32. The Kier molecular flexibility index (Phi) is 6.90. The van der Waals surface area contributed by atoms with Crippen molar-refractivity contribution in [2.75, 3.05) is 0 Å². The van der Waals surface area contributed by atoms with E-state index in [1.807, 2.05) is 30.5 Å². The second kappa shape index (κ2) is 12.1. The van der Waals surface area contributed by atoms with Gasteiger partial charge in [-0.05, 0) is 114 Å². The average Bonchev–Trinajstić information content (AvgIpc) is 3.66. The molecular weight excluding hydrogens is 703 g/mol. The van der Waals surface area contributed by atoms with Crippen LogP contribution >= 0.6 is 0 Å². The lowest BCUT2D eigenvalue weighted by atomic mass is 9.65. The molecule has 1 atom stereocenters. The molecule has 0 radical (unpaired) electrons. The molecule has 2 aromatic heterocycles. The smallest absolute Gasteiger partial charge is 0.160 e. The maximum Gasteiger partial charge on any atom is 0.160 e. The highest BCUT2D eigenvalue weighted by Crippen LogP contribution is 2.64. The predicted octanol–water partition coefficient (Wildman–Crippen LogP) is 13.2. The molecule has 0 aliphatic heterocycles. The Morgan fingerprint density at radius 2 is 0.845 bits per heavy atom. The van der Waals surface area contributed by atoms with E-state index in [0.717, 1.165) is 28.1 Å². The van der Waals surface area contributed by atoms with E-state index in [9.17, 15) is 0 Å². The molecule has 1 unspecified atom stereocenters. The van der Waals surface area contributed by atoms with Gasteiger partial charge in [0.1, 0.15) is 0 Å². The summed E-state index contributed by atoms with van der Waals surface area (Å²) in [4.78, 5) is 14.9. The largest absolute Gasteiger partial charge is 0.264 e. The van der Waals surface area contributed by atoms with Gasteiger partial charge in [0.25, 0.3) is 0 Å². The molecule has 12 rings (SSSR count). The molecule has 0 saturated carbocycles. The van der Waals surface area contributed by atoms with Crippen LogP contribution in [0.25, 0.3) is 78.4 Å². The Balaban J connectivity index is 1.21. The quantitative estimate of drug-likeness (QED) is 0.181. The first kappa shape index (κ1) is 33.0. The summed E-state index contributed by atoms with van der Waals surface area (Å²) in [6.45, 7) is 4.76. The van der Waals surface area contributed by atoms with Gasteiger partial charge in [-0.1, -0.05) is 153 Å². The van der Waals surface area contributed by atoms with Crippen LogP contribution in [0.2, 0.25) is 0 Å². The number of benzene rings is 7. The monoisotopic (exact) mass is 739 g/mol. The lowest BCUT2D eigenvalue weighted by Gasteiger charge is -2.36. The Morgan fingerprint density at radius 3 is 1.52 bits per heavy atom. The third kappa shape index (κ3) is 4.47. The summed E-state index contributed by atoms with van der Waals surface area (Å²) in [5.74, 6) is 0.686. The van der Waals surface area contributed by atoms with Crippen LogP contribution in [-0.2, 0) is 10.8 Å². The van der Waals surface area contributed by atoms with Crippen molar-refractivity contribution in [1.29, 1.82) is 0 Å². The van der Waals surface area contributed by atoms with Gasteiger partial charge in [-0.3, -0.25) is 4.98 Å². The summed E-state index contributed by atoms with van der Waals surface area (Å²) in [7, 11) is 0. The summed E-state index contributed by atoms with van der Waals surface area (Å²) in [6, 6.07) is 64.8. The van der Waals surface area contributed by atoms with Crippen molar-refractivity contribution in [3.8, 4) is 78.4 Å². The van der Waals surface area contributed by atoms with E-state index in [0.29, 0.717) is 5.82 Å². The van der Waals surface area contributed by atoms with Gasteiger partial charge in [0.15, 0.2) is 5.82 Å². The summed E-state index contributed by atoms with van der Waals surface area (Å²) in [6.07, 6.45) is 3.68. The molecule has 1 spiro atoms. The first-order chi connectivity index (χ1) is 28.5. The first-order valence-electron chi connectivity index (χ1n) is 20.1. The van der Waals surface area contributed by atoms with Gasteiger partial charge in [-0.2, -0.15) is 0 Å². The minimum atomic E-state index is -0.634. The molecule has 9 aromatic rings. The lowest BCUT2D eigenvalue weighted by molar-refractivity contribution is 0.660. The Hall–Kier alpha value is -7.23. The van der Waals surface area contributed by atoms with E-state index in [1.165, 1.54) is 77.9 Å². The van der Waals surface area contributed by atoms with Crippen molar-refractivity contribution in [3.63, 3.8) is 0 Å². The van der Waals surface area contributed by atoms with Crippen molar-refractivity contribution in [2.45, 2.75) is 24.7 Å². The fraction of sp³-hybridized carbons (Fsp3) is 0.0727. The van der Waals surface area contributed by atoms with Crippen LogP contribution in [0.5, 0.6) is 0 Å². The molecule has 58 heavy (non-hydrogen) atoms. The number of pyridine rings is 1. The SMILES string of the molecule is CC1(C)c2ccccc2-c2cc3c(cc21)-c1ccccc1C31c2ccccc2-c2ccccc2-c2ccc(-c3cc(-c4cccnc4)nc(-c4ccccc4)n3)cc21. The maximum absolute atomic E-state index is 5.32. The number of aromatic nitrogens is 3. The normalized spacial score (nSPS) is 16.0. The lowest BCUT2D eigenvalue weighted by Crippen LogP contribution is -2.29. The van der Waals surface area contributed by atoms with Crippen LogP contribution < -0.4 is 0 Å². The standard InChI is InChI=1S/C55H37N3/c1-54(2)45-23-11-8-21-40(45)43-31-50-44(30-48(43)54)41-22-10-13-25-47(41)55(50)46-24-12-9-20-39(46)37-18-6-7-19-38(37)42-27-26-35(29-49(42)55)51-32-52(36-17-14-28-56-33-36)58-53(57-51)34-15-4-3-5-16-34/h3-33H,1-2H3. The summed E-state index contributed by atoms with van der Waals surface area (Å²) >= 11 is 0. The topological polar surface area (TPSA) is 38.7 Å². The second-order valence-electron chi connectivity index (χ2n) is 16.3. The highest BCUT2D eigenvalue weighted by Gasteiger charge is 2.51. The molecule has 272 valence electrons. The van der Waals surface area contributed by atoms with Crippen molar-refractivity contribution in [1.82, 2.24) is 15.0 Å². The Labute approximate surface area is 338 Å². The number of hydrogen-bond acceptors (Lipinski definition) is 3. The zero-order valence-electron chi connectivity index (χ0n) is 32.2. The van der Waals surface area contributed by atoms with Crippen molar-refractivity contribution in [3.05, 3.63) is 222 Å². The van der Waals surface area contributed by atoms with Gasteiger partial charge < -0.3 is 0 Å². The van der Waals surface area contributed by atoms with Gasteiger partial charge >= 0.3 is 0 Å². The van der Waals surface area contributed by atoms with E-state index in [4.69, 9.17) is 9.97 Å². The van der Waals surface area contributed by atoms with Crippen molar-refractivity contribution >= 4 is 0 Å². The van der Waals surface area contributed by atoms with Crippen LogP contribution in [-0.4, -0.2) is 15.0 Å². The highest BCUT2D eigenvalue weighted by atomic mass is 14.9. The highest BCUT2D eigenvalue weighted by molar-refractivity contribution is 5.99. The molecule has 0 amide bonds. The van der Waals surface area contributed by atoms with Crippen molar-refractivity contribution < 1.29 is 0 Å². The molecule has 7 aromatic carbocycles. The van der Waals surface area contributed by atoms with Crippen molar-refractivity contribution in [2.24, 2.45) is 0 Å². The fourth-order valence-corrected chi connectivity index (χ4v) is 10.4. The predicted molar refractivity (Wildman–Crippen MR) is 235 cm³/mol. The van der Waals surface area contributed by atoms with Gasteiger partial charge in [0.2, 0.25) is 0 Å². The molecule has 3 aliphatic rings. The minimum absolute atomic E-state index is 0.121. The van der Waals surface area contributed by atoms with Crippen LogP contribution in [0.15, 0.2) is 188 Å². The second-order valence-corrected chi connectivity index (χ2v) is 16.3. The van der Waals surface area contributed by atoms with Gasteiger partial charge in [0.05, 0.1) is 16.8 Å². The van der Waals surface area contributed by atoms with E-state index in [-0.39, 0.29) is 5.41 Å². The molecule has 0 bridgehead atoms. The molecule has 2 heterocycles. The number of fused-ring (bicyclic) bond motifs is 15. The summed E-state index contributed by atoms with van der Waals surface area (Å²) in [5, 5.41) is 0. The molecule has 3 heteroatoms. The number of rotatable bonds is 3. The molecular formula is C55H37N3. The van der Waals surface area contributed by atoms with Crippen LogP contribution in [0, 0.1) is 0 Å². The summed E-state index contributed by atoms with van der Waals surface area (Å²) in [5.41, 5.74) is 22.1. The zero-order valence-corrected chi connectivity index (χ0v) is 32.2. The molecule has 3 aliphatic carbocycles. The fourth-order valence-electron chi connectivity index (χ4n) is 10.4. The Morgan fingerprint density at radius 1 is 0.345 bits per heavy atom. The Bertz CT molecular complexity index is 3090. The van der Waals surface area contributed by atoms with E-state index >= 15 is 0 Å². The average molecular weight is 740 g/mol. The zero-order chi connectivity index (χ0) is 38.6. The summed E-state index contributed by atoms with van der Waals surface area (Å²) < 4.78 is 0.